The molecule has 3 rings (SSSR count). The maximum Gasteiger partial charge on any atom is 0.339 e. The highest BCUT2D eigenvalue weighted by Gasteiger charge is 2.16. The van der Waals surface area contributed by atoms with E-state index in [-0.39, 0.29) is 18.8 Å². The Hall–Kier alpha value is -2.79. The standard InChI is InChI=1S/C23H23ClO5/c1-4-27-21(25)12-10-18-14(2)17-9-11-20(15(3)22(17)29-23(18)26)28-13-16-7-5-6-8-19(16)24/h5-9,11H,4,10,12-13H2,1-3H3. The minimum atomic E-state index is -0.439. The van der Waals surface area contributed by atoms with E-state index in [1.54, 1.807) is 6.92 Å². The number of halogens is 1. The van der Waals surface area contributed by atoms with Gasteiger partial charge in [0.2, 0.25) is 0 Å². The minimum absolute atomic E-state index is 0.142. The van der Waals surface area contributed by atoms with E-state index < -0.39 is 5.63 Å². The molecule has 0 unspecified atom stereocenters. The highest BCUT2D eigenvalue weighted by Crippen LogP contribution is 2.30. The summed E-state index contributed by atoms with van der Waals surface area (Å²) in [5.41, 5.74) is 2.97. The van der Waals surface area contributed by atoms with E-state index in [9.17, 15) is 9.59 Å². The normalized spacial score (nSPS) is 10.9. The molecule has 152 valence electrons. The first-order valence-electron chi connectivity index (χ1n) is 9.50. The number of carbonyl (C=O) groups excluding carboxylic acids is 1. The number of aryl methyl sites for hydroxylation is 2. The Morgan fingerprint density at radius 2 is 1.86 bits per heavy atom. The molecule has 0 aliphatic heterocycles. The number of benzene rings is 2. The van der Waals surface area contributed by atoms with Gasteiger partial charge >= 0.3 is 11.6 Å². The van der Waals surface area contributed by atoms with Crippen LogP contribution in [0.2, 0.25) is 5.02 Å². The van der Waals surface area contributed by atoms with Crippen LogP contribution in [0.1, 0.15) is 35.6 Å². The zero-order valence-electron chi connectivity index (χ0n) is 16.7. The average Bonchev–Trinajstić information content (AvgIpc) is 2.69. The fraction of sp³-hybridized carbons (Fsp3) is 0.304. The predicted molar refractivity (Wildman–Crippen MR) is 113 cm³/mol. The molecule has 0 N–H and O–H groups in total. The Labute approximate surface area is 174 Å². The third-order valence-corrected chi connectivity index (χ3v) is 5.25. The quantitative estimate of drug-likeness (QED) is 0.395. The van der Waals surface area contributed by atoms with E-state index in [0.29, 0.717) is 35.1 Å². The lowest BCUT2D eigenvalue weighted by molar-refractivity contribution is -0.143. The van der Waals surface area contributed by atoms with Crippen LogP contribution in [0.15, 0.2) is 45.6 Å². The molecule has 0 spiro atoms. The summed E-state index contributed by atoms with van der Waals surface area (Å²) < 4.78 is 16.5. The molecule has 0 aliphatic rings. The van der Waals surface area contributed by atoms with E-state index in [2.05, 4.69) is 0 Å². The molecule has 6 heteroatoms. The molecular formula is C23H23ClO5. The molecule has 0 amide bonds. The second-order valence-corrected chi connectivity index (χ2v) is 7.15. The lowest BCUT2D eigenvalue weighted by Gasteiger charge is -2.13. The lowest BCUT2D eigenvalue weighted by Crippen LogP contribution is -2.14. The molecule has 29 heavy (non-hydrogen) atoms. The summed E-state index contributed by atoms with van der Waals surface area (Å²) in [7, 11) is 0. The number of fused-ring (bicyclic) bond motifs is 1. The Balaban J connectivity index is 1.88. The van der Waals surface area contributed by atoms with Gasteiger partial charge in [-0.3, -0.25) is 4.79 Å². The molecule has 0 radical (unpaired) electrons. The fourth-order valence-electron chi connectivity index (χ4n) is 3.25. The summed E-state index contributed by atoms with van der Waals surface area (Å²) in [6.07, 6.45) is 0.426. The number of rotatable bonds is 7. The molecule has 0 atom stereocenters. The van der Waals surface area contributed by atoms with Crippen molar-refractivity contribution in [1.29, 1.82) is 0 Å². The molecule has 5 nitrogen and oxygen atoms in total. The number of ether oxygens (including phenoxy) is 2. The monoisotopic (exact) mass is 414 g/mol. The van der Waals surface area contributed by atoms with Crippen molar-refractivity contribution >= 4 is 28.5 Å². The van der Waals surface area contributed by atoms with E-state index in [1.807, 2.05) is 50.2 Å². The third kappa shape index (κ3) is 4.62. The summed E-state index contributed by atoms with van der Waals surface area (Å²) in [6, 6.07) is 11.2. The Bertz CT molecular complexity index is 1100. The first-order chi connectivity index (χ1) is 13.9. The van der Waals surface area contributed by atoms with Crippen LogP contribution in [0.4, 0.5) is 0 Å². The van der Waals surface area contributed by atoms with E-state index >= 15 is 0 Å². The zero-order valence-corrected chi connectivity index (χ0v) is 17.5. The minimum Gasteiger partial charge on any atom is -0.488 e. The van der Waals surface area contributed by atoms with Crippen LogP contribution < -0.4 is 10.4 Å². The van der Waals surface area contributed by atoms with Crippen LogP contribution in [-0.4, -0.2) is 12.6 Å². The van der Waals surface area contributed by atoms with Crippen molar-refractivity contribution in [3.8, 4) is 5.75 Å². The molecule has 0 aliphatic carbocycles. The van der Waals surface area contributed by atoms with Gasteiger partial charge in [-0.1, -0.05) is 29.8 Å². The first-order valence-corrected chi connectivity index (χ1v) is 9.87. The van der Waals surface area contributed by atoms with Crippen molar-refractivity contribution in [3.05, 3.63) is 74.1 Å². The largest absolute Gasteiger partial charge is 0.488 e. The van der Waals surface area contributed by atoms with Gasteiger partial charge in [0.25, 0.3) is 0 Å². The van der Waals surface area contributed by atoms with Crippen molar-refractivity contribution < 1.29 is 18.7 Å². The van der Waals surface area contributed by atoms with E-state index in [4.69, 9.17) is 25.5 Å². The molecule has 2 aromatic carbocycles. The van der Waals surface area contributed by atoms with Gasteiger partial charge in [0.15, 0.2) is 0 Å². The average molecular weight is 415 g/mol. The highest BCUT2D eigenvalue weighted by molar-refractivity contribution is 6.31. The van der Waals surface area contributed by atoms with E-state index in [0.717, 1.165) is 22.1 Å². The molecule has 1 aromatic heterocycles. The molecule has 3 aromatic rings. The SMILES string of the molecule is CCOC(=O)CCc1c(C)c2ccc(OCc3ccccc3Cl)c(C)c2oc1=O. The molecule has 0 saturated heterocycles. The van der Waals surface area contributed by atoms with Crippen molar-refractivity contribution in [2.45, 2.75) is 40.2 Å². The fourth-order valence-corrected chi connectivity index (χ4v) is 3.44. The topological polar surface area (TPSA) is 65.7 Å². The highest BCUT2D eigenvalue weighted by atomic mass is 35.5. The Morgan fingerprint density at radius 3 is 2.59 bits per heavy atom. The van der Waals surface area contributed by atoms with Crippen LogP contribution in [0.5, 0.6) is 5.75 Å². The zero-order chi connectivity index (χ0) is 21.0. The van der Waals surface area contributed by atoms with Crippen molar-refractivity contribution in [2.75, 3.05) is 6.61 Å². The molecule has 1 heterocycles. The molecule has 0 fully saturated rings. The summed E-state index contributed by atoms with van der Waals surface area (Å²) in [5.74, 6) is 0.296. The number of carbonyl (C=O) groups is 1. The van der Waals surface area contributed by atoms with Gasteiger partial charge in [-0.2, -0.15) is 0 Å². The molecule has 0 saturated carbocycles. The van der Waals surface area contributed by atoms with Gasteiger partial charge in [0.05, 0.1) is 6.61 Å². The van der Waals surface area contributed by atoms with Gasteiger partial charge in [-0.15, -0.1) is 0 Å². The maximum atomic E-state index is 12.5. The van der Waals surface area contributed by atoms with Crippen LogP contribution in [0.25, 0.3) is 11.0 Å². The second-order valence-electron chi connectivity index (χ2n) is 6.74. The predicted octanol–water partition coefficient (Wildman–Crippen LogP) is 5.14. The summed E-state index contributed by atoms with van der Waals surface area (Å²) in [6.45, 7) is 6.10. The van der Waals surface area contributed by atoms with Crippen molar-refractivity contribution in [3.63, 3.8) is 0 Å². The van der Waals surface area contributed by atoms with Crippen molar-refractivity contribution in [2.24, 2.45) is 0 Å². The van der Waals surface area contributed by atoms with Crippen LogP contribution in [-0.2, 0) is 22.6 Å². The van der Waals surface area contributed by atoms with Crippen LogP contribution in [0.3, 0.4) is 0 Å². The second kappa shape index (κ2) is 9.14. The van der Waals surface area contributed by atoms with Crippen LogP contribution >= 0.6 is 11.6 Å². The lowest BCUT2D eigenvalue weighted by atomic mass is 10.0. The van der Waals surface area contributed by atoms with Gasteiger partial charge in [-0.05, 0) is 51.0 Å². The number of hydrogen-bond acceptors (Lipinski definition) is 5. The Morgan fingerprint density at radius 1 is 1.10 bits per heavy atom. The number of hydrogen-bond donors (Lipinski definition) is 0. The number of esters is 1. The van der Waals surface area contributed by atoms with Gasteiger partial charge in [0.1, 0.15) is 17.9 Å². The van der Waals surface area contributed by atoms with E-state index in [1.165, 1.54) is 0 Å². The summed E-state index contributed by atoms with van der Waals surface area (Å²) in [5, 5.41) is 1.46. The maximum absolute atomic E-state index is 12.5. The van der Waals surface area contributed by atoms with Crippen LogP contribution in [0, 0.1) is 13.8 Å². The van der Waals surface area contributed by atoms with Gasteiger partial charge in [-0.25, -0.2) is 4.79 Å². The summed E-state index contributed by atoms with van der Waals surface area (Å²) >= 11 is 6.18. The first kappa shape index (κ1) is 20.9. The molecular weight excluding hydrogens is 392 g/mol. The molecule has 0 bridgehead atoms. The smallest absolute Gasteiger partial charge is 0.339 e. The third-order valence-electron chi connectivity index (χ3n) is 4.88. The van der Waals surface area contributed by atoms with Gasteiger partial charge < -0.3 is 13.9 Å². The Kier molecular flexibility index (Phi) is 6.60. The summed E-state index contributed by atoms with van der Waals surface area (Å²) in [4.78, 5) is 24.2. The van der Waals surface area contributed by atoms with Crippen molar-refractivity contribution in [1.82, 2.24) is 0 Å². The van der Waals surface area contributed by atoms with Gasteiger partial charge in [0, 0.05) is 33.5 Å².